The molecule has 0 aliphatic carbocycles. The maximum absolute atomic E-state index is 12.6. The molecule has 274 valence electrons. The van der Waals surface area contributed by atoms with E-state index in [1.165, 1.54) is 25.1 Å². The van der Waals surface area contributed by atoms with Crippen LogP contribution in [0, 0.1) is 5.41 Å². The van der Waals surface area contributed by atoms with Crippen molar-refractivity contribution in [3.8, 4) is 0 Å². The highest BCUT2D eigenvalue weighted by molar-refractivity contribution is 7.80. The molecule has 48 heavy (non-hydrogen) atoms. The Morgan fingerprint density at radius 3 is 2.44 bits per heavy atom. The first-order valence-electron chi connectivity index (χ1n) is 13.9. The van der Waals surface area contributed by atoms with E-state index in [1.54, 1.807) is 0 Å². The first-order chi connectivity index (χ1) is 22.2. The Balaban J connectivity index is 1.57. The summed E-state index contributed by atoms with van der Waals surface area (Å²) in [6.45, 7) is 0.754. The first kappa shape index (κ1) is 40.6. The van der Waals surface area contributed by atoms with Crippen LogP contribution in [0.1, 0.15) is 20.3 Å². The van der Waals surface area contributed by atoms with Gasteiger partial charge in [0.2, 0.25) is 11.8 Å². The number of rotatable bonds is 18. The molecular formula is C21H38N7O16P3S. The summed E-state index contributed by atoms with van der Waals surface area (Å²) in [5, 5.41) is 26.1. The van der Waals surface area contributed by atoms with E-state index in [1.807, 2.05) is 0 Å². The van der Waals surface area contributed by atoms with E-state index in [0.29, 0.717) is 12.3 Å². The lowest BCUT2D eigenvalue weighted by Gasteiger charge is -2.31. The molecule has 3 rings (SSSR count). The van der Waals surface area contributed by atoms with Gasteiger partial charge in [-0.25, -0.2) is 23.7 Å². The number of hydrogen-bond donors (Lipinski definition) is 10. The van der Waals surface area contributed by atoms with E-state index in [0.717, 1.165) is 6.34 Å². The number of amides is 2. The largest absolute Gasteiger partial charge is 0.481 e. The SMILES string of the molecule is CC(C)(COP(=O)(O)OP(=O)(O)OC[C@H]1O[C@@H](N2C=NC3C(N)=NC=NC32)[C@H](O)[C@@H]1OP(=O)(O)O)[C@@H](O)C(=O)NCCC(=O)NCCS. The van der Waals surface area contributed by atoms with Crippen LogP contribution in [-0.2, 0) is 45.9 Å². The molecule has 0 aromatic carbocycles. The number of thiol groups is 1. The normalized spacial score (nSPS) is 28.7. The van der Waals surface area contributed by atoms with Crippen molar-refractivity contribution < 1.29 is 75.7 Å². The molecular weight excluding hydrogens is 731 g/mol. The first-order valence-corrected chi connectivity index (χ1v) is 19.0. The Bertz CT molecular complexity index is 1410. The maximum atomic E-state index is 12.6. The number of nitrogens with zero attached hydrogens (tertiary/aromatic N) is 4. The topological polar surface area (TPSA) is 343 Å². The zero-order valence-corrected chi connectivity index (χ0v) is 28.9. The van der Waals surface area contributed by atoms with Gasteiger partial charge in [0.15, 0.2) is 12.4 Å². The van der Waals surface area contributed by atoms with Crippen molar-refractivity contribution in [3.05, 3.63) is 0 Å². The van der Waals surface area contributed by atoms with E-state index in [9.17, 15) is 53.1 Å². The lowest BCUT2D eigenvalue weighted by molar-refractivity contribution is -0.137. The summed E-state index contributed by atoms with van der Waals surface area (Å²) in [5.41, 5.74) is 4.23. The van der Waals surface area contributed by atoms with Gasteiger partial charge in [0.25, 0.3) is 0 Å². The Morgan fingerprint density at radius 2 is 1.79 bits per heavy atom. The van der Waals surface area contributed by atoms with Gasteiger partial charge in [-0.1, -0.05) is 13.8 Å². The molecule has 1 fully saturated rings. The average molecular weight is 770 g/mol. The molecule has 0 aromatic heterocycles. The van der Waals surface area contributed by atoms with Gasteiger partial charge in [0, 0.05) is 30.7 Å². The number of aliphatic imine (C=N–C) groups is 3. The second kappa shape index (κ2) is 16.4. The van der Waals surface area contributed by atoms with Gasteiger partial charge >= 0.3 is 23.5 Å². The number of nitrogens with two attached hydrogens (primary N) is 1. The molecule has 0 saturated carbocycles. The quantitative estimate of drug-likeness (QED) is 0.0496. The van der Waals surface area contributed by atoms with Crippen LogP contribution in [0.5, 0.6) is 0 Å². The van der Waals surface area contributed by atoms with E-state index >= 15 is 0 Å². The number of aliphatic hydroxyl groups is 2. The highest BCUT2D eigenvalue weighted by Crippen LogP contribution is 2.61. The van der Waals surface area contributed by atoms with Crippen molar-refractivity contribution in [2.45, 2.75) is 63.1 Å². The van der Waals surface area contributed by atoms with Gasteiger partial charge in [0.05, 0.1) is 19.6 Å². The predicted molar refractivity (Wildman–Crippen MR) is 167 cm³/mol. The number of phosphoric acid groups is 3. The fourth-order valence-electron chi connectivity index (χ4n) is 4.40. The number of hydrogen-bond acceptors (Lipinski definition) is 18. The van der Waals surface area contributed by atoms with Crippen LogP contribution in [0.2, 0.25) is 0 Å². The minimum atomic E-state index is -5.53. The van der Waals surface area contributed by atoms with E-state index in [-0.39, 0.29) is 24.7 Å². The van der Waals surface area contributed by atoms with Crippen LogP contribution in [0.4, 0.5) is 0 Å². The van der Waals surface area contributed by atoms with Crippen LogP contribution >= 0.6 is 36.1 Å². The molecule has 3 heterocycles. The van der Waals surface area contributed by atoms with E-state index in [4.69, 9.17) is 19.5 Å². The highest BCUT2D eigenvalue weighted by atomic mass is 32.1. The molecule has 0 bridgehead atoms. The summed E-state index contributed by atoms with van der Waals surface area (Å²) in [5.74, 6) is -0.817. The fourth-order valence-corrected chi connectivity index (χ4v) is 7.34. The van der Waals surface area contributed by atoms with E-state index in [2.05, 4.69) is 47.1 Å². The van der Waals surface area contributed by atoms with Crippen molar-refractivity contribution >= 4 is 66.4 Å². The van der Waals surface area contributed by atoms with E-state index < -0.39 is 90.9 Å². The Morgan fingerprint density at radius 1 is 1.12 bits per heavy atom. The Kier molecular flexibility index (Phi) is 13.9. The summed E-state index contributed by atoms with van der Waals surface area (Å²) in [6, 6.07) is -0.770. The molecule has 9 atom stereocenters. The second-order valence-corrected chi connectivity index (χ2v) is 15.8. The van der Waals surface area contributed by atoms with Gasteiger partial charge in [0.1, 0.15) is 42.6 Å². The maximum Gasteiger partial charge on any atom is 0.481 e. The molecule has 1 saturated heterocycles. The number of carbonyl (C=O) groups excluding carboxylic acids is 2. The lowest BCUT2D eigenvalue weighted by Crippen LogP contribution is -2.51. The third-order valence-corrected chi connectivity index (χ3v) is 10.1. The summed E-state index contributed by atoms with van der Waals surface area (Å²) in [4.78, 5) is 76.2. The summed E-state index contributed by atoms with van der Waals surface area (Å²) in [6.07, 6.45) is -7.34. The van der Waals surface area contributed by atoms with Gasteiger partial charge < -0.3 is 55.8 Å². The fraction of sp³-hybridized carbons (Fsp3) is 0.762. The van der Waals surface area contributed by atoms with Gasteiger partial charge in [-0.15, -0.1) is 0 Å². The van der Waals surface area contributed by atoms with Crippen LogP contribution < -0.4 is 16.4 Å². The van der Waals surface area contributed by atoms with Crippen molar-refractivity contribution in [3.63, 3.8) is 0 Å². The Labute approximate surface area is 278 Å². The smallest absolute Gasteiger partial charge is 0.386 e. The number of amidine groups is 1. The number of carbonyl (C=O) groups is 2. The second-order valence-electron chi connectivity index (χ2n) is 11.1. The number of phosphoric ester groups is 3. The highest BCUT2D eigenvalue weighted by Gasteiger charge is 2.53. The number of aliphatic hydroxyl groups excluding tert-OH is 2. The van der Waals surface area contributed by atoms with Crippen molar-refractivity contribution in [1.82, 2.24) is 15.5 Å². The third kappa shape index (κ3) is 11.3. The lowest BCUT2D eigenvalue weighted by atomic mass is 9.87. The minimum Gasteiger partial charge on any atom is -0.386 e. The molecule has 23 nitrogen and oxygen atoms in total. The Hall–Kier alpha value is -1.85. The number of fused-ring (bicyclic) bond motifs is 1. The zero-order chi connectivity index (χ0) is 36.1. The predicted octanol–water partition coefficient (Wildman–Crippen LogP) is -2.82. The van der Waals surface area contributed by atoms with Gasteiger partial charge in [-0.2, -0.15) is 16.9 Å². The average Bonchev–Trinajstić information content (AvgIpc) is 3.54. The summed E-state index contributed by atoms with van der Waals surface area (Å²) < 4.78 is 60.7. The van der Waals surface area contributed by atoms with Crippen LogP contribution in [0.25, 0.3) is 0 Å². The minimum absolute atomic E-state index is 0.0841. The summed E-state index contributed by atoms with van der Waals surface area (Å²) in [7, 11) is -16.3. The molecule has 0 radical (unpaired) electrons. The molecule has 0 spiro atoms. The van der Waals surface area contributed by atoms with Gasteiger partial charge in [-0.3, -0.25) is 28.2 Å². The zero-order valence-electron chi connectivity index (χ0n) is 25.4. The monoisotopic (exact) mass is 769 g/mol. The molecule has 0 aromatic rings. The van der Waals surface area contributed by atoms with Crippen LogP contribution in [0.3, 0.4) is 0 Å². The number of ether oxygens (including phenoxy) is 1. The van der Waals surface area contributed by atoms with Crippen molar-refractivity contribution in [2.24, 2.45) is 26.1 Å². The summed E-state index contributed by atoms with van der Waals surface area (Å²) >= 11 is 3.95. The molecule has 27 heteroatoms. The van der Waals surface area contributed by atoms with Crippen molar-refractivity contribution in [1.29, 1.82) is 0 Å². The molecule has 3 aliphatic heterocycles. The van der Waals surface area contributed by atoms with Crippen molar-refractivity contribution in [2.75, 3.05) is 32.1 Å². The van der Waals surface area contributed by atoms with Crippen LogP contribution in [0.15, 0.2) is 15.0 Å². The van der Waals surface area contributed by atoms with Crippen LogP contribution in [-0.4, -0.2) is 140 Å². The number of nitrogens with one attached hydrogen (secondary N) is 2. The standard InChI is InChI=1S/C21H38N7O16P3S/c1-21(2,16(31)19(32)24-4-3-12(29)23-5-6-48)8-41-47(38,39)44-46(36,37)40-7-11-15(43-45(33,34)35)14(30)20(42-11)28-10-27-13-17(22)25-9-26-18(13)28/h9-11,13-16,18,20,30-31,48H,3-8H2,1-2H3,(H,23,29)(H,24,32)(H,36,37)(H,38,39)(H2,22,25,26)(H2,33,34,35)/t11-,13?,14-,15-,16+,18?,20-/m1/s1. The molecule has 2 amide bonds. The molecule has 10 N–H and O–H groups in total. The van der Waals surface area contributed by atoms with Gasteiger partial charge in [-0.05, 0) is 0 Å². The molecule has 4 unspecified atom stereocenters. The molecule has 3 aliphatic rings. The third-order valence-electron chi connectivity index (χ3n) is 6.82.